The highest BCUT2D eigenvalue weighted by atomic mass is 16.6. The van der Waals surface area contributed by atoms with Gasteiger partial charge in [-0.2, -0.15) is 0 Å². The van der Waals surface area contributed by atoms with Crippen molar-refractivity contribution in [3.63, 3.8) is 0 Å². The van der Waals surface area contributed by atoms with E-state index in [9.17, 15) is 19.7 Å². The topological polar surface area (TPSA) is 105 Å². The molecule has 2 amide bonds. The van der Waals surface area contributed by atoms with Crippen LogP contribution in [0.3, 0.4) is 0 Å². The Bertz CT molecular complexity index is 880. The van der Waals surface area contributed by atoms with E-state index in [4.69, 9.17) is 0 Å². The van der Waals surface area contributed by atoms with Crippen LogP contribution in [0.15, 0.2) is 48.5 Å². The molecular weight excluding hydrogens is 372 g/mol. The normalized spacial score (nSPS) is 13.6. The summed E-state index contributed by atoms with van der Waals surface area (Å²) in [5.41, 5.74) is 1.43. The zero-order chi connectivity index (χ0) is 20.6. The van der Waals surface area contributed by atoms with Gasteiger partial charge in [0.25, 0.3) is 17.5 Å². The fraction of sp³-hybridized carbons (Fsp3) is 0.333. The lowest BCUT2D eigenvalue weighted by atomic mass is 10.1. The Balaban J connectivity index is 1.63. The second-order valence-corrected chi connectivity index (χ2v) is 6.88. The van der Waals surface area contributed by atoms with Gasteiger partial charge < -0.3 is 15.5 Å². The van der Waals surface area contributed by atoms with E-state index in [-0.39, 0.29) is 36.2 Å². The van der Waals surface area contributed by atoms with Crippen LogP contribution < -0.4 is 15.5 Å². The highest BCUT2D eigenvalue weighted by Gasteiger charge is 2.21. The number of non-ortho nitro benzene ring substituents is 1. The van der Waals surface area contributed by atoms with Crippen molar-refractivity contribution in [2.75, 3.05) is 31.1 Å². The van der Waals surface area contributed by atoms with Crippen LogP contribution in [0.1, 0.15) is 40.0 Å². The molecule has 0 saturated carbocycles. The van der Waals surface area contributed by atoms with Gasteiger partial charge in [0.1, 0.15) is 0 Å². The summed E-state index contributed by atoms with van der Waals surface area (Å²) in [5, 5.41) is 16.6. The second-order valence-electron chi connectivity index (χ2n) is 6.88. The smallest absolute Gasteiger partial charge is 0.270 e. The van der Waals surface area contributed by atoms with E-state index in [1.54, 1.807) is 30.3 Å². The molecule has 2 N–H and O–H groups in total. The minimum atomic E-state index is -0.503. The summed E-state index contributed by atoms with van der Waals surface area (Å²) in [6.07, 6.45) is 3.21. The van der Waals surface area contributed by atoms with Gasteiger partial charge in [0.15, 0.2) is 0 Å². The Kier molecular flexibility index (Phi) is 6.78. The van der Waals surface area contributed by atoms with Crippen molar-refractivity contribution in [2.24, 2.45) is 0 Å². The van der Waals surface area contributed by atoms with Gasteiger partial charge in [0.05, 0.1) is 16.2 Å². The van der Waals surface area contributed by atoms with Crippen molar-refractivity contribution in [2.45, 2.75) is 19.3 Å². The highest BCUT2D eigenvalue weighted by Crippen LogP contribution is 2.28. The van der Waals surface area contributed by atoms with E-state index in [1.165, 1.54) is 12.1 Å². The summed E-state index contributed by atoms with van der Waals surface area (Å²) >= 11 is 0. The third kappa shape index (κ3) is 5.31. The molecule has 3 rings (SSSR count). The van der Waals surface area contributed by atoms with Gasteiger partial charge in [0, 0.05) is 43.9 Å². The van der Waals surface area contributed by atoms with Crippen LogP contribution in [0.25, 0.3) is 0 Å². The van der Waals surface area contributed by atoms with Crippen molar-refractivity contribution in [3.05, 3.63) is 69.8 Å². The van der Waals surface area contributed by atoms with E-state index in [0.29, 0.717) is 11.3 Å². The molecule has 8 nitrogen and oxygen atoms in total. The molecule has 152 valence electrons. The van der Waals surface area contributed by atoms with E-state index >= 15 is 0 Å². The van der Waals surface area contributed by atoms with Crippen LogP contribution in [0.5, 0.6) is 0 Å². The molecule has 0 bridgehead atoms. The summed E-state index contributed by atoms with van der Waals surface area (Å²) < 4.78 is 0. The first-order valence-electron chi connectivity index (χ1n) is 9.71. The number of nitrogens with one attached hydrogen (secondary N) is 2. The van der Waals surface area contributed by atoms with Gasteiger partial charge in [-0.3, -0.25) is 19.7 Å². The van der Waals surface area contributed by atoms with Gasteiger partial charge >= 0.3 is 0 Å². The third-order valence-corrected chi connectivity index (χ3v) is 4.86. The summed E-state index contributed by atoms with van der Waals surface area (Å²) in [6, 6.07) is 13.2. The molecule has 0 aromatic heterocycles. The third-order valence-electron chi connectivity index (χ3n) is 4.86. The van der Waals surface area contributed by atoms with Crippen LogP contribution in [-0.2, 0) is 0 Å². The molecule has 29 heavy (non-hydrogen) atoms. The first-order valence-corrected chi connectivity index (χ1v) is 9.71. The lowest BCUT2D eigenvalue weighted by molar-refractivity contribution is -0.384. The summed E-state index contributed by atoms with van der Waals surface area (Å²) in [5.74, 6) is -0.604. The van der Waals surface area contributed by atoms with E-state index in [2.05, 4.69) is 15.5 Å². The monoisotopic (exact) mass is 396 g/mol. The molecule has 8 heteroatoms. The summed E-state index contributed by atoms with van der Waals surface area (Å²) in [4.78, 5) is 37.5. The molecule has 0 aliphatic carbocycles. The molecule has 1 saturated heterocycles. The number of rotatable bonds is 7. The SMILES string of the molecule is O=C(NCCNC(=O)c1cc([N+](=O)[O-])ccc1N1CCCCC1)c1ccccc1. The van der Waals surface area contributed by atoms with Gasteiger partial charge in [-0.05, 0) is 37.5 Å². The van der Waals surface area contributed by atoms with Crippen LogP contribution >= 0.6 is 0 Å². The lowest BCUT2D eigenvalue weighted by Gasteiger charge is -2.30. The fourth-order valence-corrected chi connectivity index (χ4v) is 3.37. The number of anilines is 1. The Morgan fingerprint density at radius 1 is 0.931 bits per heavy atom. The minimum absolute atomic E-state index is 0.117. The van der Waals surface area contributed by atoms with Gasteiger partial charge in [0.2, 0.25) is 0 Å². The van der Waals surface area contributed by atoms with Crippen molar-refractivity contribution >= 4 is 23.2 Å². The standard InChI is InChI=1S/C21H24N4O4/c26-20(16-7-3-1-4-8-16)22-11-12-23-21(27)18-15-17(25(28)29)9-10-19(18)24-13-5-2-6-14-24/h1,3-4,7-10,15H,2,5-6,11-14H2,(H,22,26)(H,23,27). The van der Waals surface area contributed by atoms with E-state index in [0.717, 1.165) is 32.4 Å². The largest absolute Gasteiger partial charge is 0.371 e. The molecular formula is C21H24N4O4. The number of piperidine rings is 1. The van der Waals surface area contributed by atoms with Gasteiger partial charge in [-0.1, -0.05) is 18.2 Å². The predicted octanol–water partition coefficient (Wildman–Crippen LogP) is 2.74. The Hall–Kier alpha value is -3.42. The number of amides is 2. The maximum atomic E-state index is 12.7. The Morgan fingerprint density at radius 3 is 2.24 bits per heavy atom. The number of nitrogens with zero attached hydrogens (tertiary/aromatic N) is 2. The molecule has 2 aromatic rings. The van der Waals surface area contributed by atoms with Crippen molar-refractivity contribution in [3.8, 4) is 0 Å². The predicted molar refractivity (Wildman–Crippen MR) is 110 cm³/mol. The first-order chi connectivity index (χ1) is 14.1. The number of carbonyl (C=O) groups is 2. The van der Waals surface area contributed by atoms with Gasteiger partial charge in [-0.25, -0.2) is 0 Å². The number of nitro groups is 1. The maximum Gasteiger partial charge on any atom is 0.270 e. The van der Waals surface area contributed by atoms with Crippen molar-refractivity contribution in [1.82, 2.24) is 10.6 Å². The van der Waals surface area contributed by atoms with Crippen LogP contribution in [0.2, 0.25) is 0 Å². The molecule has 0 spiro atoms. The van der Waals surface area contributed by atoms with Crippen molar-refractivity contribution < 1.29 is 14.5 Å². The molecule has 0 radical (unpaired) electrons. The molecule has 1 heterocycles. The zero-order valence-corrected chi connectivity index (χ0v) is 16.1. The Labute approximate surface area is 169 Å². The quantitative estimate of drug-likeness (QED) is 0.425. The van der Waals surface area contributed by atoms with Crippen LogP contribution in [0.4, 0.5) is 11.4 Å². The summed E-state index contributed by atoms with van der Waals surface area (Å²) in [6.45, 7) is 2.13. The first kappa shape index (κ1) is 20.3. The fourth-order valence-electron chi connectivity index (χ4n) is 3.37. The van der Waals surface area contributed by atoms with Gasteiger partial charge in [-0.15, -0.1) is 0 Å². The average Bonchev–Trinajstić information content (AvgIpc) is 2.77. The van der Waals surface area contributed by atoms with Crippen LogP contribution in [-0.4, -0.2) is 42.9 Å². The number of hydrogen-bond donors (Lipinski definition) is 2. The number of benzene rings is 2. The van der Waals surface area contributed by atoms with E-state index < -0.39 is 4.92 Å². The molecule has 2 aromatic carbocycles. The molecule has 1 fully saturated rings. The molecule has 1 aliphatic heterocycles. The average molecular weight is 396 g/mol. The summed E-state index contributed by atoms with van der Waals surface area (Å²) in [7, 11) is 0. The lowest BCUT2D eigenvalue weighted by Crippen LogP contribution is -2.36. The molecule has 0 unspecified atom stereocenters. The second kappa shape index (κ2) is 9.68. The minimum Gasteiger partial charge on any atom is -0.371 e. The Morgan fingerprint density at radius 2 is 1.59 bits per heavy atom. The highest BCUT2D eigenvalue weighted by molar-refractivity contribution is 6.00. The number of hydrogen-bond acceptors (Lipinski definition) is 5. The van der Waals surface area contributed by atoms with E-state index in [1.807, 2.05) is 6.07 Å². The van der Waals surface area contributed by atoms with Crippen LogP contribution in [0, 0.1) is 10.1 Å². The maximum absolute atomic E-state index is 12.7. The molecule has 1 aliphatic rings. The number of carbonyl (C=O) groups excluding carboxylic acids is 2. The zero-order valence-electron chi connectivity index (χ0n) is 16.1. The number of nitro benzene ring substituents is 1. The molecule has 0 atom stereocenters. The van der Waals surface area contributed by atoms with Crippen molar-refractivity contribution in [1.29, 1.82) is 0 Å².